The van der Waals surface area contributed by atoms with Crippen molar-refractivity contribution in [2.75, 3.05) is 5.32 Å². The molecule has 0 unspecified atom stereocenters. The van der Waals surface area contributed by atoms with Crippen molar-refractivity contribution in [1.82, 2.24) is 14.8 Å². The van der Waals surface area contributed by atoms with E-state index in [0.717, 1.165) is 22.5 Å². The van der Waals surface area contributed by atoms with E-state index in [9.17, 15) is 9.90 Å². The Bertz CT molecular complexity index is 866. The molecule has 0 saturated heterocycles. The molecule has 0 aliphatic carbocycles. The van der Waals surface area contributed by atoms with Crippen molar-refractivity contribution < 1.29 is 9.90 Å². The van der Waals surface area contributed by atoms with Gasteiger partial charge in [-0.05, 0) is 31.0 Å². The van der Waals surface area contributed by atoms with E-state index in [-0.39, 0.29) is 17.5 Å². The maximum atomic E-state index is 12.4. The average Bonchev–Trinajstić information content (AvgIpc) is 3.03. The van der Waals surface area contributed by atoms with E-state index in [1.54, 1.807) is 6.07 Å². The standard InChI is InChI=1S/C16H18N4O2S/c1-9(2)8-20-16-11(10(3)19-20)7-13(23-16)15(22)18-14-12(21)5-4-6-17-14/h4-7,9,21H,8H2,1-3H3,(H,17,18,22). The molecule has 1 amide bonds. The first-order chi connectivity index (χ1) is 11.0. The second-order valence-corrected chi connectivity index (χ2v) is 6.85. The third kappa shape index (κ3) is 3.05. The first kappa shape index (κ1) is 15.5. The highest BCUT2D eigenvalue weighted by Gasteiger charge is 2.18. The molecular formula is C16H18N4O2S. The summed E-state index contributed by atoms with van der Waals surface area (Å²) in [6.07, 6.45) is 1.52. The highest BCUT2D eigenvalue weighted by atomic mass is 32.1. The number of hydrogen-bond donors (Lipinski definition) is 2. The summed E-state index contributed by atoms with van der Waals surface area (Å²) in [6, 6.07) is 4.93. The zero-order valence-electron chi connectivity index (χ0n) is 13.2. The van der Waals surface area contributed by atoms with E-state index in [1.165, 1.54) is 23.6 Å². The molecule has 0 radical (unpaired) electrons. The molecule has 3 rings (SSSR count). The number of aryl methyl sites for hydroxylation is 1. The number of nitrogens with zero attached hydrogens (tertiary/aromatic N) is 3. The van der Waals surface area contributed by atoms with Crippen molar-refractivity contribution >= 4 is 33.3 Å². The smallest absolute Gasteiger partial charge is 0.267 e. The van der Waals surface area contributed by atoms with Crippen LogP contribution in [0.15, 0.2) is 24.4 Å². The van der Waals surface area contributed by atoms with Gasteiger partial charge in [-0.15, -0.1) is 11.3 Å². The Labute approximate surface area is 137 Å². The molecule has 0 bridgehead atoms. The highest BCUT2D eigenvalue weighted by Crippen LogP contribution is 2.30. The minimum absolute atomic E-state index is 0.0517. The monoisotopic (exact) mass is 330 g/mol. The lowest BCUT2D eigenvalue weighted by molar-refractivity contribution is 0.102. The summed E-state index contributed by atoms with van der Waals surface area (Å²) in [5.41, 5.74) is 0.914. The van der Waals surface area contributed by atoms with E-state index in [2.05, 4.69) is 29.2 Å². The van der Waals surface area contributed by atoms with Crippen LogP contribution in [-0.4, -0.2) is 25.8 Å². The van der Waals surface area contributed by atoms with Crippen molar-refractivity contribution in [1.29, 1.82) is 0 Å². The molecular weight excluding hydrogens is 312 g/mol. The van der Waals surface area contributed by atoms with Gasteiger partial charge in [-0.2, -0.15) is 5.10 Å². The summed E-state index contributed by atoms with van der Waals surface area (Å²) in [4.78, 5) is 17.9. The summed E-state index contributed by atoms with van der Waals surface area (Å²) >= 11 is 1.40. The molecule has 7 heteroatoms. The van der Waals surface area contributed by atoms with Crippen LogP contribution in [0.3, 0.4) is 0 Å². The molecule has 0 saturated carbocycles. The average molecular weight is 330 g/mol. The van der Waals surface area contributed by atoms with Gasteiger partial charge < -0.3 is 10.4 Å². The molecule has 120 valence electrons. The fraction of sp³-hybridized carbons (Fsp3) is 0.312. The summed E-state index contributed by atoms with van der Waals surface area (Å²) in [5, 5.41) is 17.9. The van der Waals surface area contributed by atoms with Crippen LogP contribution in [0.1, 0.15) is 29.2 Å². The molecule has 6 nitrogen and oxygen atoms in total. The molecule has 0 aliphatic rings. The Kier molecular flexibility index (Phi) is 4.04. The van der Waals surface area contributed by atoms with E-state index in [4.69, 9.17) is 0 Å². The summed E-state index contributed by atoms with van der Waals surface area (Å²) in [5.74, 6) is 0.303. The minimum atomic E-state index is -0.282. The Balaban J connectivity index is 1.91. The quantitative estimate of drug-likeness (QED) is 0.768. The van der Waals surface area contributed by atoms with Crippen molar-refractivity contribution in [3.63, 3.8) is 0 Å². The lowest BCUT2D eigenvalue weighted by Gasteiger charge is -2.05. The maximum absolute atomic E-state index is 12.4. The maximum Gasteiger partial charge on any atom is 0.267 e. The number of rotatable bonds is 4. The lowest BCUT2D eigenvalue weighted by atomic mass is 10.2. The number of carbonyl (C=O) groups is 1. The number of amides is 1. The van der Waals surface area contributed by atoms with Gasteiger partial charge in [0, 0.05) is 18.1 Å². The molecule has 3 heterocycles. The SMILES string of the molecule is Cc1nn(CC(C)C)c2sc(C(=O)Nc3ncccc3O)cc12. The number of aromatic hydroxyl groups is 1. The molecule has 0 fully saturated rings. The van der Waals surface area contributed by atoms with E-state index in [1.807, 2.05) is 17.7 Å². The zero-order chi connectivity index (χ0) is 16.6. The topological polar surface area (TPSA) is 80.0 Å². The molecule has 0 atom stereocenters. The van der Waals surface area contributed by atoms with Gasteiger partial charge in [0.05, 0.1) is 10.6 Å². The zero-order valence-corrected chi connectivity index (χ0v) is 14.0. The second kappa shape index (κ2) is 6.00. The van der Waals surface area contributed by atoms with Crippen LogP contribution in [0.5, 0.6) is 5.75 Å². The summed E-state index contributed by atoms with van der Waals surface area (Å²) < 4.78 is 1.95. The van der Waals surface area contributed by atoms with Crippen molar-refractivity contribution in [2.24, 2.45) is 5.92 Å². The predicted octanol–water partition coefficient (Wildman–Crippen LogP) is 3.42. The van der Waals surface area contributed by atoms with Crippen LogP contribution < -0.4 is 5.32 Å². The van der Waals surface area contributed by atoms with Gasteiger partial charge in [0.15, 0.2) is 11.6 Å². The number of anilines is 1. The number of carbonyl (C=O) groups excluding carboxylic acids is 1. The molecule has 0 aromatic carbocycles. The fourth-order valence-electron chi connectivity index (χ4n) is 2.36. The second-order valence-electron chi connectivity index (χ2n) is 5.82. The number of hydrogen-bond acceptors (Lipinski definition) is 5. The fourth-order valence-corrected chi connectivity index (χ4v) is 3.42. The number of fused-ring (bicyclic) bond motifs is 1. The molecule has 3 aromatic heterocycles. The van der Waals surface area contributed by atoms with Gasteiger partial charge >= 0.3 is 0 Å². The minimum Gasteiger partial charge on any atom is -0.504 e. The predicted molar refractivity (Wildman–Crippen MR) is 91.0 cm³/mol. The first-order valence-corrected chi connectivity index (χ1v) is 8.19. The largest absolute Gasteiger partial charge is 0.504 e. The number of aromatic nitrogens is 3. The van der Waals surface area contributed by atoms with Gasteiger partial charge in [0.2, 0.25) is 0 Å². The van der Waals surface area contributed by atoms with E-state index >= 15 is 0 Å². The third-order valence-corrected chi connectivity index (χ3v) is 4.53. The van der Waals surface area contributed by atoms with Crippen molar-refractivity contribution in [3.05, 3.63) is 35.0 Å². The van der Waals surface area contributed by atoms with Crippen LogP contribution in [-0.2, 0) is 6.54 Å². The summed E-state index contributed by atoms with van der Waals surface area (Å²) in [6.45, 7) is 7.02. The lowest BCUT2D eigenvalue weighted by Crippen LogP contribution is -2.11. The van der Waals surface area contributed by atoms with E-state index in [0.29, 0.717) is 10.8 Å². The van der Waals surface area contributed by atoms with Gasteiger partial charge in [-0.1, -0.05) is 13.8 Å². The van der Waals surface area contributed by atoms with Gasteiger partial charge in [-0.3, -0.25) is 9.48 Å². The van der Waals surface area contributed by atoms with E-state index < -0.39 is 0 Å². The molecule has 2 N–H and O–H groups in total. The number of thiophene rings is 1. The molecule has 23 heavy (non-hydrogen) atoms. The Morgan fingerprint density at radius 2 is 2.26 bits per heavy atom. The van der Waals surface area contributed by atoms with Crippen molar-refractivity contribution in [3.8, 4) is 5.75 Å². The normalized spacial score (nSPS) is 11.3. The Hall–Kier alpha value is -2.41. The van der Waals surface area contributed by atoms with Crippen LogP contribution in [0.2, 0.25) is 0 Å². The van der Waals surface area contributed by atoms with Crippen LogP contribution >= 0.6 is 11.3 Å². The van der Waals surface area contributed by atoms with Crippen molar-refractivity contribution in [2.45, 2.75) is 27.3 Å². The number of pyridine rings is 1. The van der Waals surface area contributed by atoms with Crippen LogP contribution in [0.4, 0.5) is 5.82 Å². The Morgan fingerprint density at radius 3 is 2.96 bits per heavy atom. The van der Waals surface area contributed by atoms with Gasteiger partial charge in [0.1, 0.15) is 4.83 Å². The van der Waals surface area contributed by atoms with Crippen LogP contribution in [0, 0.1) is 12.8 Å². The molecule has 3 aromatic rings. The summed E-state index contributed by atoms with van der Waals surface area (Å²) in [7, 11) is 0. The highest BCUT2D eigenvalue weighted by molar-refractivity contribution is 7.20. The number of nitrogens with one attached hydrogen (secondary N) is 1. The molecule has 0 spiro atoms. The van der Waals surface area contributed by atoms with Gasteiger partial charge in [-0.25, -0.2) is 4.98 Å². The first-order valence-electron chi connectivity index (χ1n) is 7.38. The third-order valence-electron chi connectivity index (χ3n) is 3.39. The van der Waals surface area contributed by atoms with Gasteiger partial charge in [0.25, 0.3) is 5.91 Å². The van der Waals surface area contributed by atoms with Crippen LogP contribution in [0.25, 0.3) is 10.2 Å². The molecule has 0 aliphatic heterocycles. The Morgan fingerprint density at radius 1 is 1.48 bits per heavy atom.